The van der Waals surface area contributed by atoms with Crippen LogP contribution in [0.25, 0.3) is 6.08 Å². The number of hydrogen-bond donors (Lipinski definition) is 1. The molecule has 0 fully saturated rings. The fourth-order valence-electron chi connectivity index (χ4n) is 2.52. The van der Waals surface area contributed by atoms with Crippen molar-refractivity contribution in [1.82, 2.24) is 10.3 Å². The summed E-state index contributed by atoms with van der Waals surface area (Å²) in [5.74, 6) is 1.38. The monoisotopic (exact) mass is 374 g/mol. The van der Waals surface area contributed by atoms with E-state index in [0.717, 1.165) is 28.2 Å². The molecule has 1 amide bonds. The summed E-state index contributed by atoms with van der Waals surface area (Å²) in [6.45, 7) is 0.920. The molecule has 5 heteroatoms. The standard InChI is InChI=1S/C23H22N2O3/c1-27-22-6-2-4-18(14-22)9-12-23(26)25-16-19-7-10-21(11-8-19)28-17-20-5-3-13-24-15-20/h2-15H,16-17H2,1H3,(H,25,26)/b12-9+. The molecule has 0 spiro atoms. The van der Waals surface area contributed by atoms with E-state index in [2.05, 4.69) is 10.3 Å². The zero-order chi connectivity index (χ0) is 19.6. The molecule has 0 aliphatic rings. The van der Waals surface area contributed by atoms with Crippen molar-refractivity contribution in [3.05, 3.63) is 95.8 Å². The van der Waals surface area contributed by atoms with E-state index in [1.54, 1.807) is 25.6 Å². The lowest BCUT2D eigenvalue weighted by Gasteiger charge is -2.07. The number of nitrogens with zero attached hydrogens (tertiary/aromatic N) is 1. The number of rotatable bonds is 8. The van der Waals surface area contributed by atoms with Crippen molar-refractivity contribution in [2.75, 3.05) is 7.11 Å². The van der Waals surface area contributed by atoms with Crippen LogP contribution in [0.1, 0.15) is 16.7 Å². The molecule has 3 rings (SSSR count). The molecule has 0 radical (unpaired) electrons. The van der Waals surface area contributed by atoms with E-state index in [1.165, 1.54) is 6.08 Å². The van der Waals surface area contributed by atoms with Gasteiger partial charge in [-0.2, -0.15) is 0 Å². The van der Waals surface area contributed by atoms with Gasteiger partial charge in [-0.1, -0.05) is 30.3 Å². The Kier molecular flexibility index (Phi) is 6.79. The lowest BCUT2D eigenvalue weighted by molar-refractivity contribution is -0.116. The molecule has 1 N–H and O–H groups in total. The van der Waals surface area contributed by atoms with E-state index in [0.29, 0.717) is 13.2 Å². The molecule has 0 aliphatic heterocycles. The quantitative estimate of drug-likeness (QED) is 0.606. The fourth-order valence-corrected chi connectivity index (χ4v) is 2.52. The normalized spacial score (nSPS) is 10.6. The molecule has 0 atom stereocenters. The summed E-state index contributed by atoms with van der Waals surface area (Å²) in [5, 5.41) is 2.87. The molecule has 0 saturated carbocycles. The van der Waals surface area contributed by atoms with Crippen LogP contribution < -0.4 is 14.8 Å². The number of amides is 1. The minimum absolute atomic E-state index is 0.153. The summed E-state index contributed by atoms with van der Waals surface area (Å²) in [5.41, 5.74) is 2.92. The number of hydrogen-bond acceptors (Lipinski definition) is 4. The second-order valence-electron chi connectivity index (χ2n) is 6.12. The molecule has 1 heterocycles. The van der Waals surface area contributed by atoms with E-state index in [9.17, 15) is 4.79 Å². The van der Waals surface area contributed by atoms with Crippen LogP contribution in [0, 0.1) is 0 Å². The van der Waals surface area contributed by atoms with Gasteiger partial charge in [-0.15, -0.1) is 0 Å². The predicted octanol–water partition coefficient (Wildman–Crippen LogP) is 4.00. The maximum Gasteiger partial charge on any atom is 0.244 e. The number of carbonyl (C=O) groups excluding carboxylic acids is 1. The molecule has 0 unspecified atom stereocenters. The Morgan fingerprint density at radius 1 is 1.04 bits per heavy atom. The highest BCUT2D eigenvalue weighted by Crippen LogP contribution is 2.15. The SMILES string of the molecule is COc1cccc(/C=C/C(=O)NCc2ccc(OCc3cccnc3)cc2)c1. The first-order valence-electron chi connectivity index (χ1n) is 8.93. The van der Waals surface area contributed by atoms with E-state index < -0.39 is 0 Å². The predicted molar refractivity (Wildman–Crippen MR) is 109 cm³/mol. The van der Waals surface area contributed by atoms with Crippen molar-refractivity contribution in [2.24, 2.45) is 0 Å². The molecule has 5 nitrogen and oxygen atoms in total. The average Bonchev–Trinajstić information content (AvgIpc) is 2.76. The summed E-state index contributed by atoms with van der Waals surface area (Å²) >= 11 is 0. The number of nitrogens with one attached hydrogen (secondary N) is 1. The van der Waals surface area contributed by atoms with Crippen LogP contribution in [0.4, 0.5) is 0 Å². The van der Waals surface area contributed by atoms with E-state index >= 15 is 0 Å². The van der Waals surface area contributed by atoms with Crippen LogP contribution in [-0.2, 0) is 17.9 Å². The van der Waals surface area contributed by atoms with Gasteiger partial charge in [0.05, 0.1) is 7.11 Å². The van der Waals surface area contributed by atoms with Gasteiger partial charge in [0, 0.05) is 30.6 Å². The molecular formula is C23H22N2O3. The van der Waals surface area contributed by atoms with E-state index in [1.807, 2.05) is 60.7 Å². The summed E-state index contributed by atoms with van der Waals surface area (Å²) in [4.78, 5) is 16.1. The first-order valence-corrected chi connectivity index (χ1v) is 8.93. The molecule has 1 aromatic heterocycles. The van der Waals surface area contributed by atoms with E-state index in [4.69, 9.17) is 9.47 Å². The molecule has 0 saturated heterocycles. The summed E-state index contributed by atoms with van der Waals surface area (Å²) < 4.78 is 10.9. The van der Waals surface area contributed by atoms with Crippen molar-refractivity contribution in [3.8, 4) is 11.5 Å². The fraction of sp³-hybridized carbons (Fsp3) is 0.130. The van der Waals surface area contributed by atoms with Gasteiger partial charge in [0.2, 0.25) is 5.91 Å². The highest BCUT2D eigenvalue weighted by Gasteiger charge is 2.00. The molecule has 0 bridgehead atoms. The minimum Gasteiger partial charge on any atom is -0.497 e. The number of ether oxygens (including phenoxy) is 2. The zero-order valence-electron chi connectivity index (χ0n) is 15.7. The lowest BCUT2D eigenvalue weighted by atomic mass is 10.2. The van der Waals surface area contributed by atoms with Crippen molar-refractivity contribution in [2.45, 2.75) is 13.2 Å². The summed E-state index contributed by atoms with van der Waals surface area (Å²) in [7, 11) is 1.62. The topological polar surface area (TPSA) is 60.5 Å². The highest BCUT2D eigenvalue weighted by molar-refractivity contribution is 5.91. The van der Waals surface area contributed by atoms with Crippen molar-refractivity contribution >= 4 is 12.0 Å². The van der Waals surface area contributed by atoms with Gasteiger partial charge < -0.3 is 14.8 Å². The van der Waals surface area contributed by atoms with Crippen LogP contribution in [0.3, 0.4) is 0 Å². The van der Waals surface area contributed by atoms with Crippen LogP contribution in [-0.4, -0.2) is 18.0 Å². The van der Waals surface area contributed by atoms with Crippen LogP contribution >= 0.6 is 0 Å². The van der Waals surface area contributed by atoms with Gasteiger partial charge in [-0.25, -0.2) is 0 Å². The van der Waals surface area contributed by atoms with Gasteiger partial charge in [0.15, 0.2) is 0 Å². The third kappa shape index (κ3) is 5.99. The van der Waals surface area contributed by atoms with Crippen LogP contribution in [0.15, 0.2) is 79.1 Å². The van der Waals surface area contributed by atoms with Gasteiger partial charge in [0.1, 0.15) is 18.1 Å². The number of benzene rings is 2. The number of aromatic nitrogens is 1. The smallest absolute Gasteiger partial charge is 0.244 e. The zero-order valence-corrected chi connectivity index (χ0v) is 15.7. The van der Waals surface area contributed by atoms with E-state index in [-0.39, 0.29) is 5.91 Å². The van der Waals surface area contributed by atoms with Gasteiger partial charge in [-0.3, -0.25) is 9.78 Å². The number of carbonyl (C=O) groups is 1. The maximum atomic E-state index is 12.0. The Labute approximate surface area is 164 Å². The third-order valence-corrected chi connectivity index (χ3v) is 4.04. The molecule has 3 aromatic rings. The summed E-state index contributed by atoms with van der Waals surface area (Å²) in [6, 6.07) is 19.0. The maximum absolute atomic E-state index is 12.0. The van der Waals surface area contributed by atoms with Crippen LogP contribution in [0.5, 0.6) is 11.5 Å². The second-order valence-corrected chi connectivity index (χ2v) is 6.12. The van der Waals surface area contributed by atoms with Crippen molar-refractivity contribution < 1.29 is 14.3 Å². The second kappa shape index (κ2) is 9.92. The highest BCUT2D eigenvalue weighted by atomic mass is 16.5. The summed E-state index contributed by atoms with van der Waals surface area (Å²) in [6.07, 6.45) is 6.79. The Morgan fingerprint density at radius 3 is 2.64 bits per heavy atom. The molecule has 0 aliphatic carbocycles. The molecule has 28 heavy (non-hydrogen) atoms. The first-order chi connectivity index (χ1) is 13.7. The molecule has 142 valence electrons. The number of methoxy groups -OCH3 is 1. The van der Waals surface area contributed by atoms with Gasteiger partial charge >= 0.3 is 0 Å². The molecule has 2 aromatic carbocycles. The minimum atomic E-state index is -0.153. The number of pyridine rings is 1. The average molecular weight is 374 g/mol. The van der Waals surface area contributed by atoms with Crippen LogP contribution in [0.2, 0.25) is 0 Å². The van der Waals surface area contributed by atoms with Gasteiger partial charge in [-0.05, 0) is 47.5 Å². The molecular weight excluding hydrogens is 352 g/mol. The lowest BCUT2D eigenvalue weighted by Crippen LogP contribution is -2.20. The Hall–Kier alpha value is -3.60. The Bertz CT molecular complexity index is 922. The van der Waals surface area contributed by atoms with Crippen molar-refractivity contribution in [3.63, 3.8) is 0 Å². The Morgan fingerprint density at radius 2 is 1.89 bits per heavy atom. The first kappa shape index (κ1) is 19.2. The van der Waals surface area contributed by atoms with Gasteiger partial charge in [0.25, 0.3) is 0 Å². The third-order valence-electron chi connectivity index (χ3n) is 4.04. The van der Waals surface area contributed by atoms with Crippen molar-refractivity contribution in [1.29, 1.82) is 0 Å². The largest absolute Gasteiger partial charge is 0.497 e. The Balaban J connectivity index is 1.46.